The van der Waals surface area contributed by atoms with Crippen LogP contribution >= 0.6 is 11.3 Å². The standard InChI is InChI=1S/C21H21N3O2S2/c1-13-9-15(3)20(10-14(13)2)28(25,26)23-18-7-5-17(6-8-18)19-11-24-16(4)12-27-21(24)22-19/h5-12,23H,1-4H3. The van der Waals surface area contributed by atoms with Crippen LogP contribution in [0.15, 0.2) is 52.9 Å². The number of thiazole rings is 1. The zero-order valence-electron chi connectivity index (χ0n) is 16.1. The van der Waals surface area contributed by atoms with Gasteiger partial charge in [0.1, 0.15) is 0 Å². The predicted molar refractivity (Wildman–Crippen MR) is 115 cm³/mol. The lowest BCUT2D eigenvalue weighted by atomic mass is 10.1. The Balaban J connectivity index is 1.61. The molecule has 0 saturated carbocycles. The monoisotopic (exact) mass is 411 g/mol. The van der Waals surface area contributed by atoms with Gasteiger partial charge in [-0.25, -0.2) is 13.4 Å². The van der Waals surface area contributed by atoms with Crippen LogP contribution in [0.5, 0.6) is 0 Å². The van der Waals surface area contributed by atoms with Crippen LogP contribution in [0.1, 0.15) is 22.4 Å². The van der Waals surface area contributed by atoms with Crippen LogP contribution in [0.3, 0.4) is 0 Å². The van der Waals surface area contributed by atoms with Gasteiger partial charge in [0.15, 0.2) is 4.96 Å². The second-order valence-electron chi connectivity index (χ2n) is 7.04. The van der Waals surface area contributed by atoms with Crippen molar-refractivity contribution < 1.29 is 8.42 Å². The molecule has 4 rings (SSSR count). The largest absolute Gasteiger partial charge is 0.294 e. The van der Waals surface area contributed by atoms with Gasteiger partial charge in [-0.1, -0.05) is 18.2 Å². The molecule has 0 aliphatic carbocycles. The van der Waals surface area contributed by atoms with Crippen molar-refractivity contribution in [2.75, 3.05) is 4.72 Å². The van der Waals surface area contributed by atoms with Crippen molar-refractivity contribution in [1.82, 2.24) is 9.38 Å². The molecule has 0 fully saturated rings. The maximum absolute atomic E-state index is 12.8. The number of hydrogen-bond acceptors (Lipinski definition) is 4. The Kier molecular flexibility index (Phi) is 4.51. The van der Waals surface area contributed by atoms with Gasteiger partial charge < -0.3 is 0 Å². The summed E-state index contributed by atoms with van der Waals surface area (Å²) in [4.78, 5) is 5.88. The average Bonchev–Trinajstić information content (AvgIpc) is 3.21. The Labute approximate surface area is 168 Å². The zero-order valence-corrected chi connectivity index (χ0v) is 17.8. The van der Waals surface area contributed by atoms with Crippen molar-refractivity contribution in [2.24, 2.45) is 0 Å². The van der Waals surface area contributed by atoms with Crippen molar-refractivity contribution >= 4 is 32.0 Å². The molecular weight excluding hydrogens is 390 g/mol. The third-order valence-electron chi connectivity index (χ3n) is 4.90. The molecule has 0 atom stereocenters. The van der Waals surface area contributed by atoms with Gasteiger partial charge in [0.05, 0.1) is 10.6 Å². The minimum absolute atomic E-state index is 0.310. The van der Waals surface area contributed by atoms with Gasteiger partial charge in [0.25, 0.3) is 10.0 Å². The Morgan fingerprint density at radius 3 is 2.32 bits per heavy atom. The normalized spacial score (nSPS) is 11.9. The van der Waals surface area contributed by atoms with Crippen molar-refractivity contribution in [1.29, 1.82) is 0 Å². The van der Waals surface area contributed by atoms with E-state index in [-0.39, 0.29) is 0 Å². The number of anilines is 1. The molecule has 2 heterocycles. The molecule has 144 valence electrons. The minimum atomic E-state index is -3.65. The molecular formula is C21H21N3O2S2. The van der Waals surface area contributed by atoms with Gasteiger partial charge in [-0.15, -0.1) is 11.3 Å². The van der Waals surface area contributed by atoms with E-state index in [9.17, 15) is 8.42 Å². The number of rotatable bonds is 4. The van der Waals surface area contributed by atoms with Gasteiger partial charge >= 0.3 is 0 Å². The molecule has 0 unspecified atom stereocenters. The first-order chi connectivity index (χ1) is 13.2. The number of fused-ring (bicyclic) bond motifs is 1. The fraction of sp³-hybridized carbons (Fsp3) is 0.190. The summed E-state index contributed by atoms with van der Waals surface area (Å²) in [6, 6.07) is 10.9. The van der Waals surface area contributed by atoms with Gasteiger partial charge in [-0.2, -0.15) is 0 Å². The van der Waals surface area contributed by atoms with E-state index in [2.05, 4.69) is 19.5 Å². The quantitative estimate of drug-likeness (QED) is 0.508. The molecule has 2 aromatic carbocycles. The van der Waals surface area contributed by atoms with Crippen LogP contribution in [0.2, 0.25) is 0 Å². The summed E-state index contributed by atoms with van der Waals surface area (Å²) in [6.45, 7) is 7.75. The smallest absolute Gasteiger partial charge is 0.262 e. The van der Waals surface area contributed by atoms with E-state index in [0.717, 1.165) is 38.6 Å². The molecule has 7 heteroatoms. The van der Waals surface area contributed by atoms with E-state index >= 15 is 0 Å². The maximum Gasteiger partial charge on any atom is 0.262 e. The summed E-state index contributed by atoms with van der Waals surface area (Å²) in [5, 5.41) is 2.07. The number of aryl methyl sites for hydroxylation is 4. The minimum Gasteiger partial charge on any atom is -0.294 e. The zero-order chi connectivity index (χ0) is 20.1. The third-order valence-corrected chi connectivity index (χ3v) is 7.38. The summed E-state index contributed by atoms with van der Waals surface area (Å²) in [7, 11) is -3.65. The number of imidazole rings is 1. The number of nitrogens with zero attached hydrogens (tertiary/aromatic N) is 2. The highest BCUT2D eigenvalue weighted by molar-refractivity contribution is 7.92. The number of sulfonamides is 1. The fourth-order valence-corrected chi connectivity index (χ4v) is 5.40. The van der Waals surface area contributed by atoms with Gasteiger partial charge in [-0.05, 0) is 62.6 Å². The Bertz CT molecular complexity index is 1280. The van der Waals surface area contributed by atoms with E-state index < -0.39 is 10.0 Å². The first-order valence-corrected chi connectivity index (χ1v) is 11.3. The third kappa shape index (κ3) is 3.31. The van der Waals surface area contributed by atoms with Crippen LogP contribution in [-0.2, 0) is 10.0 Å². The van der Waals surface area contributed by atoms with Crippen molar-refractivity contribution in [3.05, 3.63) is 70.4 Å². The van der Waals surface area contributed by atoms with Crippen molar-refractivity contribution in [2.45, 2.75) is 32.6 Å². The molecule has 2 aromatic heterocycles. The lowest BCUT2D eigenvalue weighted by molar-refractivity contribution is 0.600. The first kappa shape index (κ1) is 18.7. The summed E-state index contributed by atoms with van der Waals surface area (Å²) in [5.41, 5.74) is 6.26. The number of nitrogens with one attached hydrogen (secondary N) is 1. The molecule has 0 amide bonds. The summed E-state index contributed by atoms with van der Waals surface area (Å²) in [5.74, 6) is 0. The van der Waals surface area contributed by atoms with Gasteiger partial charge in [-0.3, -0.25) is 9.12 Å². The molecule has 5 nitrogen and oxygen atoms in total. The highest BCUT2D eigenvalue weighted by atomic mass is 32.2. The van der Waals surface area contributed by atoms with E-state index in [1.165, 1.54) is 0 Å². The summed E-state index contributed by atoms with van der Waals surface area (Å²) >= 11 is 1.60. The van der Waals surface area contributed by atoms with Crippen LogP contribution in [0.4, 0.5) is 5.69 Å². The summed E-state index contributed by atoms with van der Waals surface area (Å²) in [6.07, 6.45) is 2.00. The lowest BCUT2D eigenvalue weighted by Gasteiger charge is -2.13. The highest BCUT2D eigenvalue weighted by Crippen LogP contribution is 2.26. The fourth-order valence-electron chi connectivity index (χ4n) is 3.18. The van der Waals surface area contributed by atoms with Crippen LogP contribution in [-0.4, -0.2) is 17.8 Å². The SMILES string of the molecule is Cc1cc(C)c(S(=O)(=O)Nc2ccc(-c3cn4c(C)csc4n3)cc2)cc1C. The Morgan fingerprint density at radius 2 is 1.64 bits per heavy atom. The molecule has 0 bridgehead atoms. The van der Waals surface area contributed by atoms with E-state index in [1.807, 2.05) is 52.1 Å². The first-order valence-electron chi connectivity index (χ1n) is 8.89. The highest BCUT2D eigenvalue weighted by Gasteiger charge is 2.18. The van der Waals surface area contributed by atoms with Crippen molar-refractivity contribution in [3.8, 4) is 11.3 Å². The van der Waals surface area contributed by atoms with E-state index in [1.54, 1.807) is 29.5 Å². The van der Waals surface area contributed by atoms with Crippen LogP contribution in [0.25, 0.3) is 16.2 Å². The van der Waals surface area contributed by atoms with Gasteiger partial charge in [0, 0.05) is 28.5 Å². The molecule has 0 spiro atoms. The molecule has 0 radical (unpaired) electrons. The topological polar surface area (TPSA) is 63.5 Å². The van der Waals surface area contributed by atoms with E-state index in [4.69, 9.17) is 0 Å². The Hall–Kier alpha value is -2.64. The second kappa shape index (κ2) is 6.76. The van der Waals surface area contributed by atoms with Crippen LogP contribution < -0.4 is 4.72 Å². The Morgan fingerprint density at radius 1 is 0.964 bits per heavy atom. The van der Waals surface area contributed by atoms with Crippen molar-refractivity contribution in [3.63, 3.8) is 0 Å². The number of hydrogen-bond donors (Lipinski definition) is 1. The number of benzene rings is 2. The second-order valence-corrected chi connectivity index (χ2v) is 9.53. The lowest BCUT2D eigenvalue weighted by Crippen LogP contribution is -2.14. The average molecular weight is 412 g/mol. The molecule has 0 saturated heterocycles. The van der Waals surface area contributed by atoms with E-state index in [0.29, 0.717) is 10.6 Å². The number of aromatic nitrogens is 2. The molecule has 0 aliphatic rings. The molecule has 1 N–H and O–H groups in total. The van der Waals surface area contributed by atoms with Crippen LogP contribution in [0, 0.1) is 27.7 Å². The maximum atomic E-state index is 12.8. The predicted octanol–water partition coefficient (Wildman–Crippen LogP) is 5.10. The van der Waals surface area contributed by atoms with Gasteiger partial charge in [0.2, 0.25) is 0 Å². The molecule has 28 heavy (non-hydrogen) atoms. The molecule has 4 aromatic rings. The molecule has 0 aliphatic heterocycles. The summed E-state index contributed by atoms with van der Waals surface area (Å²) < 4.78 is 30.4.